The van der Waals surface area contributed by atoms with Crippen LogP contribution >= 0.6 is 7.92 Å². The van der Waals surface area contributed by atoms with Gasteiger partial charge in [-0.1, -0.05) is 118 Å². The Morgan fingerprint density at radius 1 is 0.657 bits per heavy atom. The number of aliphatic imine (C=N–C) groups is 2. The van der Waals surface area contributed by atoms with Crippen LogP contribution in [0.5, 0.6) is 0 Å². The number of nitrogens with zero attached hydrogens (tertiary/aromatic N) is 2. The Hall–Kier alpha value is -2.31. The van der Waals surface area contributed by atoms with Gasteiger partial charge < -0.3 is 0 Å². The summed E-state index contributed by atoms with van der Waals surface area (Å²) in [6.07, 6.45) is 1.17. The van der Waals surface area contributed by atoms with Gasteiger partial charge in [0.2, 0.25) is 0 Å². The molecule has 0 aromatic heterocycles. The van der Waals surface area contributed by atoms with Crippen molar-refractivity contribution in [2.24, 2.45) is 9.98 Å². The largest absolute Gasteiger partial charge is 0.282 e. The molecule has 3 aromatic carbocycles. The quantitative estimate of drug-likeness (QED) is 0.285. The van der Waals surface area contributed by atoms with Gasteiger partial charge in [0.05, 0.1) is 17.1 Å². The van der Waals surface area contributed by atoms with Crippen molar-refractivity contribution >= 4 is 35.8 Å². The Kier molecular flexibility index (Phi) is 7.92. The average Bonchev–Trinajstić information content (AvgIpc) is 3.10. The summed E-state index contributed by atoms with van der Waals surface area (Å²) in [4.78, 5) is 10.8. The summed E-state index contributed by atoms with van der Waals surface area (Å²) in [6.45, 7) is 19.4. The van der Waals surface area contributed by atoms with Gasteiger partial charge in [0.25, 0.3) is 0 Å². The van der Waals surface area contributed by atoms with Crippen molar-refractivity contribution in [3.63, 3.8) is 0 Å². The average molecular weight is 485 g/mol. The standard InChI is InChI=1S/C32H41N2P/c1-20(2)25-14-11-15-26(21(3)4)30(25)34-32-28-17-10-13-24-12-9-16-27(29(24)28)31(32)33-18-19-35(22(5)6)23(7)8/h9-17,20-23H,18-19H2,1-8H3/b33-31+,34-32+. The normalized spacial score (nSPS) is 15.9. The number of rotatable bonds is 8. The Balaban J connectivity index is 1.89. The van der Waals surface area contributed by atoms with E-state index in [1.165, 1.54) is 39.2 Å². The van der Waals surface area contributed by atoms with Crippen LogP contribution in [0.2, 0.25) is 0 Å². The van der Waals surface area contributed by atoms with E-state index >= 15 is 0 Å². The van der Waals surface area contributed by atoms with E-state index in [9.17, 15) is 0 Å². The molecular formula is C32H41N2P. The van der Waals surface area contributed by atoms with Crippen molar-refractivity contribution in [2.75, 3.05) is 12.7 Å². The van der Waals surface area contributed by atoms with Gasteiger partial charge in [0.1, 0.15) is 0 Å². The summed E-state index contributed by atoms with van der Waals surface area (Å²) >= 11 is 0. The summed E-state index contributed by atoms with van der Waals surface area (Å²) in [5.41, 5.74) is 9.81. The summed E-state index contributed by atoms with van der Waals surface area (Å²) in [7, 11) is -0.0386. The summed E-state index contributed by atoms with van der Waals surface area (Å²) < 4.78 is 0. The first-order chi connectivity index (χ1) is 16.7. The molecule has 35 heavy (non-hydrogen) atoms. The lowest BCUT2D eigenvalue weighted by atomic mass is 9.92. The topological polar surface area (TPSA) is 24.7 Å². The van der Waals surface area contributed by atoms with Crippen LogP contribution in [-0.2, 0) is 0 Å². The summed E-state index contributed by atoms with van der Waals surface area (Å²) in [5, 5.41) is 2.57. The van der Waals surface area contributed by atoms with Crippen molar-refractivity contribution < 1.29 is 0 Å². The number of para-hydroxylation sites is 1. The highest BCUT2D eigenvalue weighted by molar-refractivity contribution is 7.59. The Labute approximate surface area is 213 Å². The lowest BCUT2D eigenvalue weighted by Gasteiger charge is -2.25. The van der Waals surface area contributed by atoms with Gasteiger partial charge in [-0.05, 0) is 45.8 Å². The van der Waals surface area contributed by atoms with E-state index < -0.39 is 0 Å². The molecule has 184 valence electrons. The molecule has 0 unspecified atom stereocenters. The zero-order valence-electron chi connectivity index (χ0n) is 22.8. The zero-order chi connectivity index (χ0) is 25.3. The van der Waals surface area contributed by atoms with Gasteiger partial charge in [-0.15, -0.1) is 0 Å². The van der Waals surface area contributed by atoms with E-state index in [2.05, 4.69) is 110 Å². The minimum Gasteiger partial charge on any atom is -0.282 e. The molecule has 3 heteroatoms. The smallest absolute Gasteiger partial charge is 0.0974 e. The maximum absolute atomic E-state index is 5.48. The molecule has 0 atom stereocenters. The summed E-state index contributed by atoms with van der Waals surface area (Å²) in [6, 6.07) is 19.9. The molecule has 0 heterocycles. The Bertz CT molecular complexity index is 1220. The first kappa shape index (κ1) is 25.8. The highest BCUT2D eigenvalue weighted by Crippen LogP contribution is 2.45. The molecule has 1 aliphatic carbocycles. The van der Waals surface area contributed by atoms with Crippen LogP contribution in [0, 0.1) is 0 Å². The van der Waals surface area contributed by atoms with Crippen molar-refractivity contribution in [3.05, 3.63) is 76.9 Å². The van der Waals surface area contributed by atoms with Crippen molar-refractivity contribution in [1.82, 2.24) is 0 Å². The van der Waals surface area contributed by atoms with Crippen LogP contribution < -0.4 is 0 Å². The molecule has 0 radical (unpaired) electrons. The Morgan fingerprint density at radius 3 is 1.69 bits per heavy atom. The van der Waals surface area contributed by atoms with Crippen LogP contribution in [0.1, 0.15) is 89.5 Å². The first-order valence-electron chi connectivity index (χ1n) is 13.2. The van der Waals surface area contributed by atoms with Crippen molar-refractivity contribution in [3.8, 4) is 0 Å². The van der Waals surface area contributed by atoms with Crippen molar-refractivity contribution in [2.45, 2.75) is 78.5 Å². The number of hydrogen-bond donors (Lipinski definition) is 0. The molecule has 0 aliphatic heterocycles. The highest BCUT2D eigenvalue weighted by Gasteiger charge is 2.28. The molecule has 4 rings (SSSR count). The van der Waals surface area contributed by atoms with Gasteiger partial charge in [-0.25, -0.2) is 4.99 Å². The molecule has 0 amide bonds. The van der Waals surface area contributed by atoms with Crippen LogP contribution in [0.4, 0.5) is 5.69 Å². The monoisotopic (exact) mass is 484 g/mol. The van der Waals surface area contributed by atoms with Gasteiger partial charge >= 0.3 is 0 Å². The number of hydrogen-bond acceptors (Lipinski definition) is 2. The van der Waals surface area contributed by atoms with Crippen LogP contribution in [-0.4, -0.2) is 35.4 Å². The van der Waals surface area contributed by atoms with Gasteiger partial charge in [-0.3, -0.25) is 4.99 Å². The predicted molar refractivity (Wildman–Crippen MR) is 158 cm³/mol. The van der Waals surface area contributed by atoms with E-state index in [-0.39, 0.29) is 7.92 Å². The van der Waals surface area contributed by atoms with Crippen LogP contribution in [0.15, 0.2) is 64.6 Å². The van der Waals surface area contributed by atoms with E-state index in [0.717, 1.165) is 35.0 Å². The van der Waals surface area contributed by atoms with E-state index in [1.54, 1.807) is 0 Å². The van der Waals surface area contributed by atoms with Gasteiger partial charge in [-0.2, -0.15) is 0 Å². The molecule has 0 bridgehead atoms. The molecule has 3 aromatic rings. The molecule has 0 spiro atoms. The fourth-order valence-corrected chi connectivity index (χ4v) is 7.96. The first-order valence-corrected chi connectivity index (χ1v) is 14.9. The third kappa shape index (κ3) is 5.14. The van der Waals surface area contributed by atoms with Gasteiger partial charge in [0.15, 0.2) is 0 Å². The second-order valence-electron chi connectivity index (χ2n) is 10.9. The highest BCUT2D eigenvalue weighted by atomic mass is 31.1. The molecular weight excluding hydrogens is 443 g/mol. The Morgan fingerprint density at radius 2 is 1.17 bits per heavy atom. The third-order valence-corrected chi connectivity index (χ3v) is 10.5. The third-order valence-electron chi connectivity index (χ3n) is 7.16. The maximum Gasteiger partial charge on any atom is 0.0974 e. The summed E-state index contributed by atoms with van der Waals surface area (Å²) in [5.74, 6) is 0.822. The van der Waals surface area contributed by atoms with Gasteiger partial charge in [0, 0.05) is 23.1 Å². The molecule has 0 saturated carbocycles. The maximum atomic E-state index is 5.48. The van der Waals surface area contributed by atoms with E-state index in [1.807, 2.05) is 0 Å². The fraction of sp³-hybridized carbons (Fsp3) is 0.438. The molecule has 1 aliphatic rings. The molecule has 0 saturated heterocycles. The minimum atomic E-state index is -0.0386. The van der Waals surface area contributed by atoms with E-state index in [4.69, 9.17) is 9.98 Å². The fourth-order valence-electron chi connectivity index (χ4n) is 5.41. The second-order valence-corrected chi connectivity index (χ2v) is 14.5. The molecule has 2 nitrogen and oxygen atoms in total. The van der Waals surface area contributed by atoms with E-state index in [0.29, 0.717) is 11.8 Å². The zero-order valence-corrected chi connectivity index (χ0v) is 23.7. The molecule has 0 fully saturated rings. The van der Waals surface area contributed by atoms with Crippen LogP contribution in [0.3, 0.4) is 0 Å². The predicted octanol–water partition coefficient (Wildman–Crippen LogP) is 9.31. The number of benzene rings is 3. The minimum absolute atomic E-state index is 0.0386. The lowest BCUT2D eigenvalue weighted by Crippen LogP contribution is -2.14. The van der Waals surface area contributed by atoms with Crippen LogP contribution in [0.25, 0.3) is 10.8 Å². The molecule has 0 N–H and O–H groups in total. The van der Waals surface area contributed by atoms with Crippen molar-refractivity contribution in [1.29, 1.82) is 0 Å². The second kappa shape index (κ2) is 10.8. The SMILES string of the molecule is CC(C)c1cccc(C(C)C)c1/N=C1/C(=N/CCP(C(C)C)C(C)C)c2cccc3cccc1c23. The lowest BCUT2D eigenvalue weighted by molar-refractivity contribution is 0.835.